The van der Waals surface area contributed by atoms with Crippen LogP contribution in [0.5, 0.6) is 0 Å². The first kappa shape index (κ1) is 13.1. The van der Waals surface area contributed by atoms with Gasteiger partial charge in [0.1, 0.15) is 12.3 Å². The second-order valence-corrected chi connectivity index (χ2v) is 4.91. The van der Waals surface area contributed by atoms with E-state index in [0.29, 0.717) is 6.42 Å². The Morgan fingerprint density at radius 3 is 2.89 bits per heavy atom. The van der Waals surface area contributed by atoms with Crippen LogP contribution >= 0.6 is 0 Å². The van der Waals surface area contributed by atoms with Gasteiger partial charge in [0.15, 0.2) is 12.1 Å². The van der Waals surface area contributed by atoms with Crippen LogP contribution in [0.3, 0.4) is 0 Å². The van der Waals surface area contributed by atoms with Crippen molar-refractivity contribution in [1.29, 1.82) is 0 Å². The van der Waals surface area contributed by atoms with Crippen molar-refractivity contribution in [3.05, 3.63) is 0 Å². The first-order valence-corrected chi connectivity index (χ1v) is 5.87. The van der Waals surface area contributed by atoms with Gasteiger partial charge in [0.05, 0.1) is 6.54 Å². The van der Waals surface area contributed by atoms with Crippen LogP contribution in [0.4, 0.5) is 4.79 Å². The number of carbonyl (C=O) groups is 1. The first-order chi connectivity index (χ1) is 8.41. The lowest BCUT2D eigenvalue weighted by molar-refractivity contribution is -0.206. The molecule has 100 valence electrons. The zero-order chi connectivity index (χ0) is 13.3. The van der Waals surface area contributed by atoms with Crippen molar-refractivity contribution in [3.63, 3.8) is 0 Å². The summed E-state index contributed by atoms with van der Waals surface area (Å²) < 4.78 is 16.8. The van der Waals surface area contributed by atoms with E-state index in [1.54, 1.807) is 7.05 Å². The molecule has 0 spiro atoms. The van der Waals surface area contributed by atoms with Gasteiger partial charge >= 0.3 is 6.03 Å². The molecule has 3 atom stereocenters. The van der Waals surface area contributed by atoms with E-state index in [1.165, 1.54) is 4.90 Å². The highest BCUT2D eigenvalue weighted by molar-refractivity contribution is 5.74. The molecule has 2 saturated heterocycles. The molecule has 2 heterocycles. The fourth-order valence-electron chi connectivity index (χ4n) is 2.06. The summed E-state index contributed by atoms with van der Waals surface area (Å²) in [7, 11) is 1.63. The molecule has 0 radical (unpaired) electrons. The molecule has 2 rings (SSSR count). The zero-order valence-electron chi connectivity index (χ0n) is 10.8. The maximum atomic E-state index is 11.7. The van der Waals surface area contributed by atoms with Gasteiger partial charge in [-0.25, -0.2) is 4.79 Å². The van der Waals surface area contributed by atoms with Gasteiger partial charge in [-0.3, -0.25) is 0 Å². The lowest BCUT2D eigenvalue weighted by Gasteiger charge is -2.22. The maximum absolute atomic E-state index is 11.7. The summed E-state index contributed by atoms with van der Waals surface area (Å²) in [6, 6.07) is -0.266. The second kappa shape index (κ2) is 4.76. The standard InChI is InChI=1S/C12H18N2O4/c1-5-6-14(4)11(15)13-9-7-8-10(16-9)18-12(2,3)17-8/h1,8-10H,6-7H2,2-4H3,(H,13,15)/t8-,9+,10-/m1/s1. The van der Waals surface area contributed by atoms with Gasteiger partial charge in [0.25, 0.3) is 0 Å². The summed E-state index contributed by atoms with van der Waals surface area (Å²) in [6.07, 6.45) is 4.76. The van der Waals surface area contributed by atoms with Gasteiger partial charge in [0.2, 0.25) is 0 Å². The Morgan fingerprint density at radius 2 is 2.28 bits per heavy atom. The molecule has 0 bridgehead atoms. The summed E-state index contributed by atoms with van der Waals surface area (Å²) >= 11 is 0. The average molecular weight is 254 g/mol. The summed E-state index contributed by atoms with van der Waals surface area (Å²) in [5.41, 5.74) is 0. The minimum absolute atomic E-state index is 0.136. The molecule has 0 saturated carbocycles. The lowest BCUT2D eigenvalue weighted by Crippen LogP contribution is -2.43. The third kappa shape index (κ3) is 2.75. The third-order valence-electron chi connectivity index (χ3n) is 2.84. The SMILES string of the molecule is C#CCN(C)C(=O)N[C@@H]1C[C@H]2OC(C)(C)O[C@H]2O1. The quantitative estimate of drug-likeness (QED) is 0.728. The number of amides is 2. The van der Waals surface area contributed by atoms with Gasteiger partial charge in [-0.2, -0.15) is 0 Å². The molecule has 6 heteroatoms. The summed E-state index contributed by atoms with van der Waals surface area (Å²) in [6.45, 7) is 3.93. The summed E-state index contributed by atoms with van der Waals surface area (Å²) in [5.74, 6) is 1.78. The van der Waals surface area contributed by atoms with Crippen molar-refractivity contribution in [3.8, 4) is 12.3 Å². The van der Waals surface area contributed by atoms with Gasteiger partial charge in [-0.15, -0.1) is 6.42 Å². The number of urea groups is 1. The van der Waals surface area contributed by atoms with E-state index >= 15 is 0 Å². The molecule has 2 aliphatic heterocycles. The lowest BCUT2D eigenvalue weighted by atomic mass is 10.2. The molecule has 0 aromatic rings. The van der Waals surface area contributed by atoms with E-state index in [-0.39, 0.29) is 18.7 Å². The number of fused-ring (bicyclic) bond motifs is 1. The number of carbonyl (C=O) groups excluding carboxylic acids is 1. The molecule has 0 aliphatic carbocycles. The van der Waals surface area contributed by atoms with Crippen LogP contribution in [-0.2, 0) is 14.2 Å². The maximum Gasteiger partial charge on any atom is 0.319 e. The Hall–Kier alpha value is -1.29. The molecular formula is C12H18N2O4. The fourth-order valence-corrected chi connectivity index (χ4v) is 2.06. The molecule has 1 N–H and O–H groups in total. The molecule has 0 unspecified atom stereocenters. The largest absolute Gasteiger partial charge is 0.342 e. The van der Waals surface area contributed by atoms with Crippen molar-refractivity contribution >= 4 is 6.03 Å². The van der Waals surface area contributed by atoms with E-state index in [0.717, 1.165) is 0 Å². The number of terminal acetylenes is 1. The van der Waals surface area contributed by atoms with Gasteiger partial charge < -0.3 is 24.4 Å². The van der Waals surface area contributed by atoms with Crippen molar-refractivity contribution in [2.75, 3.05) is 13.6 Å². The molecule has 18 heavy (non-hydrogen) atoms. The predicted octanol–water partition coefficient (Wildman–Crippen LogP) is 0.485. The molecule has 6 nitrogen and oxygen atoms in total. The Kier molecular flexibility index (Phi) is 3.48. The smallest absolute Gasteiger partial charge is 0.319 e. The van der Waals surface area contributed by atoms with Crippen LogP contribution in [0.15, 0.2) is 0 Å². The Balaban J connectivity index is 1.82. The molecule has 2 aliphatic rings. The minimum Gasteiger partial charge on any atom is -0.342 e. The number of nitrogens with zero attached hydrogens (tertiary/aromatic N) is 1. The van der Waals surface area contributed by atoms with Gasteiger partial charge in [-0.05, 0) is 13.8 Å². The zero-order valence-corrected chi connectivity index (χ0v) is 10.8. The van der Waals surface area contributed by atoms with Gasteiger partial charge in [-0.1, -0.05) is 5.92 Å². The van der Waals surface area contributed by atoms with E-state index < -0.39 is 18.3 Å². The number of hydrogen-bond donors (Lipinski definition) is 1. The van der Waals surface area contributed by atoms with Crippen LogP contribution in [0.2, 0.25) is 0 Å². The number of rotatable bonds is 2. The highest BCUT2D eigenvalue weighted by Crippen LogP contribution is 2.36. The summed E-state index contributed by atoms with van der Waals surface area (Å²) in [5, 5.41) is 2.73. The van der Waals surface area contributed by atoms with Crippen LogP contribution < -0.4 is 5.32 Å². The van der Waals surface area contributed by atoms with E-state index in [2.05, 4.69) is 11.2 Å². The monoisotopic (exact) mass is 254 g/mol. The van der Waals surface area contributed by atoms with Crippen molar-refractivity contribution < 1.29 is 19.0 Å². The Bertz CT molecular complexity index is 361. The van der Waals surface area contributed by atoms with Crippen LogP contribution in [0.25, 0.3) is 0 Å². The summed E-state index contributed by atoms with van der Waals surface area (Å²) in [4.78, 5) is 13.1. The normalized spacial score (nSPS) is 32.7. The van der Waals surface area contributed by atoms with E-state index in [9.17, 15) is 4.79 Å². The number of ether oxygens (including phenoxy) is 3. The molecular weight excluding hydrogens is 236 g/mol. The van der Waals surface area contributed by atoms with E-state index in [1.807, 2.05) is 13.8 Å². The van der Waals surface area contributed by atoms with Crippen LogP contribution in [0, 0.1) is 12.3 Å². The molecule has 0 aromatic heterocycles. The molecule has 2 amide bonds. The number of nitrogens with one attached hydrogen (secondary N) is 1. The van der Waals surface area contributed by atoms with Gasteiger partial charge in [0, 0.05) is 13.5 Å². The van der Waals surface area contributed by atoms with Crippen LogP contribution in [0.1, 0.15) is 20.3 Å². The Labute approximate surface area is 107 Å². The third-order valence-corrected chi connectivity index (χ3v) is 2.84. The van der Waals surface area contributed by atoms with Crippen molar-refractivity contribution in [2.24, 2.45) is 0 Å². The van der Waals surface area contributed by atoms with E-state index in [4.69, 9.17) is 20.6 Å². The van der Waals surface area contributed by atoms with Crippen LogP contribution in [-0.4, -0.2) is 48.9 Å². The number of hydrogen-bond acceptors (Lipinski definition) is 4. The Morgan fingerprint density at radius 1 is 1.56 bits per heavy atom. The highest BCUT2D eigenvalue weighted by atomic mass is 16.8. The first-order valence-electron chi connectivity index (χ1n) is 5.87. The fraction of sp³-hybridized carbons (Fsp3) is 0.750. The van der Waals surface area contributed by atoms with Crippen molar-refractivity contribution in [1.82, 2.24) is 10.2 Å². The van der Waals surface area contributed by atoms with Crippen molar-refractivity contribution in [2.45, 2.75) is 44.7 Å². The molecule has 0 aromatic carbocycles. The predicted molar refractivity (Wildman–Crippen MR) is 63.3 cm³/mol. The molecule has 2 fully saturated rings. The minimum atomic E-state index is -0.620. The average Bonchev–Trinajstić information content (AvgIpc) is 2.70. The topological polar surface area (TPSA) is 60.0 Å². The highest BCUT2D eigenvalue weighted by Gasteiger charge is 2.48. The second-order valence-electron chi connectivity index (χ2n) is 4.91.